The molecule has 0 amide bonds. The summed E-state index contributed by atoms with van der Waals surface area (Å²) < 4.78 is 18.4. The number of benzene rings is 1. The number of rotatable bonds is 4. The summed E-state index contributed by atoms with van der Waals surface area (Å²) in [5, 5.41) is 9.22. The standard InChI is InChI=1S/C11H12ClFO2/c1-8(14)9-3-4-11(10(13)7-9)15-6-2-5-12/h2-5,7-8,14H,6H2,1H3/b5-2+/t8-/m1/s1. The van der Waals surface area contributed by atoms with Crippen molar-refractivity contribution in [1.29, 1.82) is 0 Å². The van der Waals surface area contributed by atoms with E-state index in [2.05, 4.69) is 0 Å². The van der Waals surface area contributed by atoms with Gasteiger partial charge in [-0.15, -0.1) is 0 Å². The fourth-order valence-electron chi connectivity index (χ4n) is 1.07. The first kappa shape index (κ1) is 12.0. The molecule has 1 rings (SSSR count). The highest BCUT2D eigenvalue weighted by Gasteiger charge is 2.07. The first-order valence-corrected chi connectivity index (χ1v) is 4.94. The first-order valence-electron chi connectivity index (χ1n) is 4.50. The highest BCUT2D eigenvalue weighted by atomic mass is 35.5. The van der Waals surface area contributed by atoms with E-state index in [0.29, 0.717) is 5.56 Å². The van der Waals surface area contributed by atoms with E-state index >= 15 is 0 Å². The van der Waals surface area contributed by atoms with Crippen molar-refractivity contribution in [3.63, 3.8) is 0 Å². The normalized spacial score (nSPS) is 13.1. The van der Waals surface area contributed by atoms with Crippen molar-refractivity contribution in [1.82, 2.24) is 0 Å². The minimum Gasteiger partial charge on any atom is -0.486 e. The SMILES string of the molecule is C[C@@H](O)c1ccc(OC/C=C/Cl)c(F)c1. The predicted octanol–water partition coefficient (Wildman–Crippen LogP) is 3.01. The third-order valence-electron chi connectivity index (χ3n) is 1.86. The summed E-state index contributed by atoms with van der Waals surface area (Å²) >= 11 is 5.29. The van der Waals surface area contributed by atoms with Crippen molar-refractivity contribution in [2.24, 2.45) is 0 Å². The molecule has 0 aliphatic heterocycles. The molecule has 0 saturated heterocycles. The minimum absolute atomic E-state index is 0.147. The monoisotopic (exact) mass is 230 g/mol. The lowest BCUT2D eigenvalue weighted by molar-refractivity contribution is 0.198. The molecule has 1 atom stereocenters. The van der Waals surface area contributed by atoms with Gasteiger partial charge in [0.05, 0.1) is 6.10 Å². The summed E-state index contributed by atoms with van der Waals surface area (Å²) in [4.78, 5) is 0. The molecule has 0 fully saturated rings. The van der Waals surface area contributed by atoms with Crippen LogP contribution in [-0.2, 0) is 0 Å². The molecule has 0 bridgehead atoms. The fourth-order valence-corrected chi connectivity index (χ4v) is 1.14. The van der Waals surface area contributed by atoms with Gasteiger partial charge in [-0.3, -0.25) is 0 Å². The van der Waals surface area contributed by atoms with E-state index in [1.807, 2.05) is 0 Å². The maximum absolute atomic E-state index is 13.3. The first-order chi connectivity index (χ1) is 7.15. The lowest BCUT2D eigenvalue weighted by Gasteiger charge is -2.08. The zero-order valence-corrected chi connectivity index (χ0v) is 9.04. The van der Waals surface area contributed by atoms with Gasteiger partial charge in [0.2, 0.25) is 0 Å². The molecule has 0 saturated carbocycles. The molecule has 0 unspecified atom stereocenters. The third-order valence-corrected chi connectivity index (χ3v) is 2.04. The third kappa shape index (κ3) is 3.53. The predicted molar refractivity (Wildman–Crippen MR) is 57.5 cm³/mol. The Morgan fingerprint density at radius 1 is 1.60 bits per heavy atom. The average Bonchev–Trinajstić information content (AvgIpc) is 2.20. The van der Waals surface area contributed by atoms with Crippen LogP contribution < -0.4 is 4.74 Å². The Labute approximate surface area is 92.9 Å². The van der Waals surface area contributed by atoms with E-state index in [1.165, 1.54) is 17.7 Å². The topological polar surface area (TPSA) is 29.5 Å². The van der Waals surface area contributed by atoms with Gasteiger partial charge < -0.3 is 9.84 Å². The van der Waals surface area contributed by atoms with Crippen molar-refractivity contribution in [3.05, 3.63) is 41.2 Å². The molecule has 0 aromatic heterocycles. The van der Waals surface area contributed by atoms with Crippen molar-refractivity contribution in [2.75, 3.05) is 6.61 Å². The molecule has 0 heterocycles. The Balaban J connectivity index is 2.74. The number of ether oxygens (including phenoxy) is 1. The second-order valence-corrected chi connectivity index (χ2v) is 3.29. The molecule has 0 aliphatic carbocycles. The van der Waals surface area contributed by atoms with Crippen LogP contribution in [-0.4, -0.2) is 11.7 Å². The Bertz CT molecular complexity index is 350. The van der Waals surface area contributed by atoms with E-state index in [-0.39, 0.29) is 12.4 Å². The van der Waals surface area contributed by atoms with Gasteiger partial charge in [-0.1, -0.05) is 17.7 Å². The van der Waals surface area contributed by atoms with Crippen LogP contribution in [0.3, 0.4) is 0 Å². The molecule has 0 spiro atoms. The molecule has 1 aromatic rings. The van der Waals surface area contributed by atoms with Crippen LogP contribution in [0, 0.1) is 5.82 Å². The molecule has 4 heteroatoms. The lowest BCUT2D eigenvalue weighted by atomic mass is 10.1. The van der Waals surface area contributed by atoms with Crippen LogP contribution in [0.4, 0.5) is 4.39 Å². The van der Waals surface area contributed by atoms with Gasteiger partial charge in [0, 0.05) is 5.54 Å². The summed E-state index contributed by atoms with van der Waals surface area (Å²) in [6.07, 6.45) is 0.875. The number of hydrogen-bond acceptors (Lipinski definition) is 2. The summed E-state index contributed by atoms with van der Waals surface area (Å²) in [6.45, 7) is 1.79. The zero-order chi connectivity index (χ0) is 11.3. The maximum Gasteiger partial charge on any atom is 0.165 e. The summed E-state index contributed by atoms with van der Waals surface area (Å²) in [5.41, 5.74) is 1.83. The van der Waals surface area contributed by atoms with Crippen molar-refractivity contribution < 1.29 is 14.2 Å². The molecule has 2 nitrogen and oxygen atoms in total. The van der Waals surface area contributed by atoms with E-state index in [0.717, 1.165) is 0 Å². The Hall–Kier alpha value is -1.06. The van der Waals surface area contributed by atoms with Gasteiger partial charge in [-0.25, -0.2) is 4.39 Å². The van der Waals surface area contributed by atoms with E-state index in [4.69, 9.17) is 16.3 Å². The molecule has 1 N–H and O–H groups in total. The van der Waals surface area contributed by atoms with Crippen molar-refractivity contribution in [2.45, 2.75) is 13.0 Å². The summed E-state index contributed by atoms with van der Waals surface area (Å²) in [7, 11) is 0. The van der Waals surface area contributed by atoms with Gasteiger partial charge in [0.1, 0.15) is 6.61 Å². The van der Waals surface area contributed by atoms with E-state index in [1.54, 1.807) is 19.1 Å². The zero-order valence-electron chi connectivity index (χ0n) is 8.28. The molecule has 15 heavy (non-hydrogen) atoms. The Morgan fingerprint density at radius 3 is 2.87 bits per heavy atom. The molecule has 0 radical (unpaired) electrons. The smallest absolute Gasteiger partial charge is 0.165 e. The van der Waals surface area contributed by atoms with Gasteiger partial charge in [0.15, 0.2) is 11.6 Å². The fraction of sp³-hybridized carbons (Fsp3) is 0.273. The second kappa shape index (κ2) is 5.73. The van der Waals surface area contributed by atoms with Crippen molar-refractivity contribution >= 4 is 11.6 Å². The molecule has 82 valence electrons. The number of halogens is 2. The van der Waals surface area contributed by atoms with Gasteiger partial charge in [-0.05, 0) is 30.7 Å². The largest absolute Gasteiger partial charge is 0.486 e. The quantitative estimate of drug-likeness (QED) is 0.862. The van der Waals surface area contributed by atoms with Crippen LogP contribution in [0.2, 0.25) is 0 Å². The molecule has 0 aliphatic rings. The van der Waals surface area contributed by atoms with Crippen LogP contribution in [0.15, 0.2) is 29.8 Å². The van der Waals surface area contributed by atoms with Crippen LogP contribution in [0.5, 0.6) is 5.75 Å². The maximum atomic E-state index is 13.3. The number of aliphatic hydroxyl groups is 1. The van der Waals surface area contributed by atoms with Gasteiger partial charge in [-0.2, -0.15) is 0 Å². The highest BCUT2D eigenvalue weighted by molar-refractivity contribution is 6.25. The van der Waals surface area contributed by atoms with E-state index in [9.17, 15) is 9.50 Å². The van der Waals surface area contributed by atoms with E-state index < -0.39 is 11.9 Å². The summed E-state index contributed by atoms with van der Waals surface area (Å²) in [6, 6.07) is 4.36. The number of hydrogen-bond donors (Lipinski definition) is 1. The van der Waals surface area contributed by atoms with Crippen molar-refractivity contribution in [3.8, 4) is 5.75 Å². The Kier molecular flexibility index (Phi) is 4.59. The van der Waals surface area contributed by atoms with Gasteiger partial charge in [0.25, 0.3) is 0 Å². The Morgan fingerprint density at radius 2 is 2.33 bits per heavy atom. The number of aliphatic hydroxyl groups excluding tert-OH is 1. The molecular weight excluding hydrogens is 219 g/mol. The second-order valence-electron chi connectivity index (χ2n) is 3.04. The summed E-state index contributed by atoms with van der Waals surface area (Å²) in [5.74, 6) is -0.342. The molecular formula is C11H12ClFO2. The highest BCUT2D eigenvalue weighted by Crippen LogP contribution is 2.21. The molecule has 1 aromatic carbocycles. The lowest BCUT2D eigenvalue weighted by Crippen LogP contribution is -1.98. The van der Waals surface area contributed by atoms with Crippen LogP contribution in [0.1, 0.15) is 18.6 Å². The van der Waals surface area contributed by atoms with Crippen LogP contribution >= 0.6 is 11.6 Å². The minimum atomic E-state index is -0.684. The average molecular weight is 231 g/mol. The van der Waals surface area contributed by atoms with Gasteiger partial charge >= 0.3 is 0 Å². The van der Waals surface area contributed by atoms with Crippen LogP contribution in [0.25, 0.3) is 0 Å².